The highest BCUT2D eigenvalue weighted by molar-refractivity contribution is 9.10. The molecule has 1 aliphatic rings. The highest BCUT2D eigenvalue weighted by atomic mass is 79.9. The Labute approximate surface area is 176 Å². The lowest BCUT2D eigenvalue weighted by Gasteiger charge is -2.11. The van der Waals surface area contributed by atoms with E-state index in [4.69, 9.17) is 21.1 Å². The molecule has 0 fully saturated rings. The first-order valence-electron chi connectivity index (χ1n) is 8.72. The summed E-state index contributed by atoms with van der Waals surface area (Å²) in [6.07, 6.45) is 1.75. The SMILES string of the molecule is Cc1c(OCc2ccc(Cl)cc2)ccc2c1O/C(=C\c1cccc(Br)c1)C2=O. The molecule has 0 saturated heterocycles. The summed E-state index contributed by atoms with van der Waals surface area (Å²) in [6.45, 7) is 2.30. The number of fused-ring (bicyclic) bond motifs is 1. The summed E-state index contributed by atoms with van der Waals surface area (Å²) in [5.74, 6) is 1.43. The van der Waals surface area contributed by atoms with E-state index in [2.05, 4.69) is 15.9 Å². The molecule has 1 heterocycles. The van der Waals surface area contributed by atoms with Gasteiger partial charge >= 0.3 is 0 Å². The number of carbonyl (C=O) groups is 1. The number of ketones is 1. The summed E-state index contributed by atoms with van der Waals surface area (Å²) >= 11 is 9.35. The third-order valence-corrected chi connectivity index (χ3v) is 5.24. The van der Waals surface area contributed by atoms with Gasteiger partial charge in [0.25, 0.3) is 0 Å². The standard InChI is InChI=1S/C23H16BrClO3/c1-14-20(27-13-15-5-7-18(25)8-6-15)10-9-19-22(26)21(28-23(14)19)12-16-3-2-4-17(24)11-16/h2-12H,13H2,1H3/b21-12-. The maximum Gasteiger partial charge on any atom is 0.231 e. The first kappa shape index (κ1) is 18.8. The maximum atomic E-state index is 12.7. The summed E-state index contributed by atoms with van der Waals surface area (Å²) in [5.41, 5.74) is 3.26. The summed E-state index contributed by atoms with van der Waals surface area (Å²) in [7, 11) is 0. The van der Waals surface area contributed by atoms with Gasteiger partial charge in [0.2, 0.25) is 5.78 Å². The molecule has 0 spiro atoms. The Bertz CT molecular complexity index is 1090. The smallest absolute Gasteiger partial charge is 0.231 e. The fraction of sp³-hybridized carbons (Fsp3) is 0.0870. The van der Waals surface area contributed by atoms with Crippen molar-refractivity contribution < 1.29 is 14.3 Å². The van der Waals surface area contributed by atoms with Gasteiger partial charge in [0, 0.05) is 15.1 Å². The molecule has 3 aromatic rings. The predicted molar refractivity (Wildman–Crippen MR) is 114 cm³/mol. The Morgan fingerprint density at radius 3 is 2.64 bits per heavy atom. The van der Waals surface area contributed by atoms with E-state index >= 15 is 0 Å². The van der Waals surface area contributed by atoms with Crippen molar-refractivity contribution in [1.29, 1.82) is 0 Å². The van der Waals surface area contributed by atoms with Crippen molar-refractivity contribution in [3.05, 3.63) is 98.2 Å². The fourth-order valence-corrected chi connectivity index (χ4v) is 3.56. The quantitative estimate of drug-likeness (QED) is 0.415. The van der Waals surface area contributed by atoms with Crippen molar-refractivity contribution in [3.8, 4) is 11.5 Å². The van der Waals surface area contributed by atoms with Crippen LogP contribution in [0.25, 0.3) is 6.08 Å². The van der Waals surface area contributed by atoms with E-state index in [1.807, 2.05) is 61.5 Å². The van der Waals surface area contributed by atoms with Crippen molar-refractivity contribution in [2.75, 3.05) is 0 Å². The average molecular weight is 456 g/mol. The van der Waals surface area contributed by atoms with E-state index in [1.54, 1.807) is 12.1 Å². The fourth-order valence-electron chi connectivity index (χ4n) is 3.01. The van der Waals surface area contributed by atoms with E-state index in [0.29, 0.717) is 34.5 Å². The summed E-state index contributed by atoms with van der Waals surface area (Å²) < 4.78 is 12.8. The Hall–Kier alpha value is -2.56. The summed E-state index contributed by atoms with van der Waals surface area (Å²) in [6, 6.07) is 18.8. The minimum Gasteiger partial charge on any atom is -0.488 e. The number of allylic oxidation sites excluding steroid dienone is 1. The van der Waals surface area contributed by atoms with Crippen LogP contribution in [0.15, 0.2) is 70.9 Å². The molecule has 0 radical (unpaired) electrons. The predicted octanol–water partition coefficient (Wildman–Crippen LogP) is 6.61. The number of halogens is 2. The van der Waals surface area contributed by atoms with Crippen molar-refractivity contribution in [2.45, 2.75) is 13.5 Å². The molecule has 1 aliphatic heterocycles. The van der Waals surface area contributed by atoms with Gasteiger partial charge in [-0.05, 0) is 60.5 Å². The molecule has 0 saturated carbocycles. The molecule has 5 heteroatoms. The Morgan fingerprint density at radius 2 is 1.89 bits per heavy atom. The molecule has 0 amide bonds. The lowest BCUT2D eigenvalue weighted by molar-refractivity contribution is 0.101. The van der Waals surface area contributed by atoms with Gasteiger partial charge < -0.3 is 9.47 Å². The number of Topliss-reactive ketones (excluding diaryl/α,β-unsaturated/α-hetero) is 1. The van der Waals surface area contributed by atoms with Crippen molar-refractivity contribution >= 4 is 39.4 Å². The highest BCUT2D eigenvalue weighted by Gasteiger charge is 2.30. The van der Waals surface area contributed by atoms with Crippen LogP contribution < -0.4 is 9.47 Å². The van der Waals surface area contributed by atoms with Gasteiger partial charge in [0.15, 0.2) is 5.76 Å². The lowest BCUT2D eigenvalue weighted by Crippen LogP contribution is -1.98. The molecule has 3 aromatic carbocycles. The summed E-state index contributed by atoms with van der Waals surface area (Å²) in [5, 5.41) is 0.689. The Balaban J connectivity index is 1.57. The van der Waals surface area contributed by atoms with Crippen LogP contribution in [0.4, 0.5) is 0 Å². The van der Waals surface area contributed by atoms with Gasteiger partial charge in [-0.1, -0.05) is 51.8 Å². The largest absolute Gasteiger partial charge is 0.488 e. The van der Waals surface area contributed by atoms with Crippen molar-refractivity contribution in [3.63, 3.8) is 0 Å². The van der Waals surface area contributed by atoms with Crippen LogP contribution in [-0.2, 0) is 6.61 Å². The van der Waals surface area contributed by atoms with E-state index in [0.717, 1.165) is 21.2 Å². The van der Waals surface area contributed by atoms with Gasteiger partial charge in [-0.2, -0.15) is 0 Å². The summed E-state index contributed by atoms with van der Waals surface area (Å²) in [4.78, 5) is 12.7. The number of hydrogen-bond donors (Lipinski definition) is 0. The average Bonchev–Trinajstić information content (AvgIpc) is 2.99. The number of carbonyl (C=O) groups excluding carboxylic acids is 1. The molecular formula is C23H16BrClO3. The topological polar surface area (TPSA) is 35.5 Å². The van der Waals surface area contributed by atoms with E-state index < -0.39 is 0 Å². The van der Waals surface area contributed by atoms with Gasteiger partial charge in [0.05, 0.1) is 5.56 Å². The zero-order chi connectivity index (χ0) is 19.7. The van der Waals surface area contributed by atoms with E-state index in [9.17, 15) is 4.79 Å². The molecule has 28 heavy (non-hydrogen) atoms. The first-order valence-corrected chi connectivity index (χ1v) is 9.89. The molecule has 0 N–H and O–H groups in total. The maximum absolute atomic E-state index is 12.7. The van der Waals surface area contributed by atoms with E-state index in [-0.39, 0.29) is 5.78 Å². The Kier molecular flexibility index (Phi) is 5.25. The van der Waals surface area contributed by atoms with Crippen LogP contribution in [0.2, 0.25) is 5.02 Å². The van der Waals surface area contributed by atoms with Gasteiger partial charge in [-0.3, -0.25) is 4.79 Å². The minimum absolute atomic E-state index is 0.123. The molecule has 4 rings (SSSR count). The van der Waals surface area contributed by atoms with Crippen LogP contribution in [-0.4, -0.2) is 5.78 Å². The van der Waals surface area contributed by atoms with Gasteiger partial charge in [0.1, 0.15) is 18.1 Å². The van der Waals surface area contributed by atoms with Crippen molar-refractivity contribution in [2.24, 2.45) is 0 Å². The molecule has 140 valence electrons. The highest BCUT2D eigenvalue weighted by Crippen LogP contribution is 2.39. The normalized spacial score (nSPS) is 14.1. The van der Waals surface area contributed by atoms with Gasteiger partial charge in [-0.25, -0.2) is 0 Å². The molecule has 0 unspecified atom stereocenters. The number of rotatable bonds is 4. The van der Waals surface area contributed by atoms with Crippen LogP contribution in [0.5, 0.6) is 11.5 Å². The third-order valence-electron chi connectivity index (χ3n) is 4.49. The van der Waals surface area contributed by atoms with Crippen LogP contribution in [0.1, 0.15) is 27.0 Å². The second-order valence-corrected chi connectivity index (χ2v) is 7.83. The third kappa shape index (κ3) is 3.84. The molecule has 3 nitrogen and oxygen atoms in total. The Morgan fingerprint density at radius 1 is 1.11 bits per heavy atom. The molecule has 0 atom stereocenters. The number of benzene rings is 3. The minimum atomic E-state index is -0.123. The number of hydrogen-bond acceptors (Lipinski definition) is 3. The molecule has 0 aliphatic carbocycles. The molecule has 0 aromatic heterocycles. The van der Waals surface area contributed by atoms with Crippen LogP contribution in [0, 0.1) is 6.92 Å². The van der Waals surface area contributed by atoms with E-state index in [1.165, 1.54) is 0 Å². The van der Waals surface area contributed by atoms with Gasteiger partial charge in [-0.15, -0.1) is 0 Å². The van der Waals surface area contributed by atoms with Crippen molar-refractivity contribution in [1.82, 2.24) is 0 Å². The molecule has 0 bridgehead atoms. The number of ether oxygens (including phenoxy) is 2. The molecular weight excluding hydrogens is 440 g/mol. The van der Waals surface area contributed by atoms with Crippen LogP contribution >= 0.6 is 27.5 Å². The zero-order valence-electron chi connectivity index (χ0n) is 15.0. The monoisotopic (exact) mass is 454 g/mol. The zero-order valence-corrected chi connectivity index (χ0v) is 17.4. The second-order valence-electron chi connectivity index (χ2n) is 6.48. The lowest BCUT2D eigenvalue weighted by atomic mass is 10.1. The second kappa shape index (κ2) is 7.82. The first-order chi connectivity index (χ1) is 13.5. The van der Waals surface area contributed by atoms with Crippen LogP contribution in [0.3, 0.4) is 0 Å².